The third-order valence-corrected chi connectivity index (χ3v) is 5.93. The predicted molar refractivity (Wildman–Crippen MR) is 167 cm³/mol. The van der Waals surface area contributed by atoms with Crippen molar-refractivity contribution in [1.82, 2.24) is 29.5 Å². The lowest BCUT2D eigenvalue weighted by Crippen LogP contribution is -2.12. The van der Waals surface area contributed by atoms with Crippen molar-refractivity contribution in [2.75, 3.05) is 11.1 Å². The van der Waals surface area contributed by atoms with Gasteiger partial charge >= 0.3 is 5.97 Å². The quantitative estimate of drug-likeness (QED) is 0.175. The maximum Gasteiger partial charge on any atom is 0.335 e. The highest BCUT2D eigenvalue weighted by Crippen LogP contribution is 2.13. The van der Waals surface area contributed by atoms with Crippen LogP contribution in [0.1, 0.15) is 31.8 Å². The summed E-state index contributed by atoms with van der Waals surface area (Å²) in [6.07, 6.45) is 10.6. The Hall–Kier alpha value is -6.50. The topological polar surface area (TPSA) is 194 Å². The lowest BCUT2D eigenvalue weighted by Gasteiger charge is -2.03. The van der Waals surface area contributed by atoms with Crippen molar-refractivity contribution in [3.8, 4) is 11.5 Å². The van der Waals surface area contributed by atoms with E-state index in [9.17, 15) is 14.7 Å². The van der Waals surface area contributed by atoms with E-state index >= 15 is 0 Å². The summed E-state index contributed by atoms with van der Waals surface area (Å²) < 4.78 is 3.53. The number of nitrogen functional groups attached to an aromatic ring is 1. The van der Waals surface area contributed by atoms with E-state index in [0.29, 0.717) is 23.7 Å². The fraction of sp³-hybridized carbons (Fsp3) is 0.0625. The van der Waals surface area contributed by atoms with Gasteiger partial charge in [-0.05, 0) is 77.9 Å². The van der Waals surface area contributed by atoms with Crippen LogP contribution in [0, 0.1) is 0 Å². The monoisotopic (exact) mass is 606 g/mol. The van der Waals surface area contributed by atoms with Crippen molar-refractivity contribution in [1.29, 1.82) is 0 Å². The normalized spacial score (nSPS) is 10.0. The maximum absolute atomic E-state index is 12.1. The van der Waals surface area contributed by atoms with Crippen molar-refractivity contribution in [3.05, 3.63) is 144 Å². The average molecular weight is 607 g/mol. The summed E-state index contributed by atoms with van der Waals surface area (Å²) in [7, 11) is 0. The van der Waals surface area contributed by atoms with Crippen LogP contribution in [0.5, 0.6) is 11.5 Å². The summed E-state index contributed by atoms with van der Waals surface area (Å²) in [6, 6.07) is 22.9. The van der Waals surface area contributed by atoms with Crippen LogP contribution in [0.25, 0.3) is 0 Å². The second kappa shape index (κ2) is 15.7. The zero-order valence-electron chi connectivity index (χ0n) is 23.9. The number of nitrogens with one attached hydrogen (secondary N) is 1. The van der Waals surface area contributed by atoms with E-state index in [-0.39, 0.29) is 23.0 Å². The van der Waals surface area contributed by atoms with Crippen LogP contribution in [0.3, 0.4) is 0 Å². The Balaban J connectivity index is 0.000000170. The highest BCUT2D eigenvalue weighted by molar-refractivity contribution is 6.03. The number of aromatic nitrogens is 6. The number of benzene rings is 2. The van der Waals surface area contributed by atoms with Gasteiger partial charge in [0.2, 0.25) is 0 Å². The molecule has 0 aliphatic rings. The number of phenols is 2. The number of amides is 1. The lowest BCUT2D eigenvalue weighted by atomic mass is 10.2. The molecular weight excluding hydrogens is 576 g/mol. The van der Waals surface area contributed by atoms with Crippen LogP contribution in [0.15, 0.2) is 122 Å². The first-order valence-electron chi connectivity index (χ1n) is 13.5. The third kappa shape index (κ3) is 10.4. The highest BCUT2D eigenvalue weighted by Gasteiger charge is 2.09. The molecule has 1 amide bonds. The van der Waals surface area contributed by atoms with Gasteiger partial charge in [-0.25, -0.2) is 4.79 Å². The minimum Gasteiger partial charge on any atom is -0.508 e. The molecule has 13 heteroatoms. The Morgan fingerprint density at radius 1 is 0.689 bits per heavy atom. The number of pyridine rings is 2. The van der Waals surface area contributed by atoms with Gasteiger partial charge in [0, 0.05) is 48.8 Å². The second-order valence-corrected chi connectivity index (χ2v) is 9.41. The van der Waals surface area contributed by atoms with Gasteiger partial charge in [0.15, 0.2) is 5.82 Å². The molecule has 6 rings (SSSR count). The van der Waals surface area contributed by atoms with Crippen LogP contribution in [-0.2, 0) is 13.1 Å². The summed E-state index contributed by atoms with van der Waals surface area (Å²) in [4.78, 5) is 30.2. The van der Waals surface area contributed by atoms with E-state index in [1.165, 1.54) is 36.4 Å². The van der Waals surface area contributed by atoms with E-state index in [4.69, 9.17) is 15.9 Å². The van der Waals surface area contributed by atoms with E-state index in [1.54, 1.807) is 64.6 Å². The van der Waals surface area contributed by atoms with E-state index in [2.05, 4.69) is 25.5 Å². The molecule has 6 N–H and O–H groups in total. The molecule has 0 bridgehead atoms. The van der Waals surface area contributed by atoms with Gasteiger partial charge in [-0.1, -0.05) is 12.1 Å². The number of aromatic hydroxyl groups is 2. The van der Waals surface area contributed by atoms with Gasteiger partial charge in [0.1, 0.15) is 17.3 Å². The number of carboxylic acids is 1. The molecule has 0 aliphatic carbocycles. The zero-order valence-corrected chi connectivity index (χ0v) is 23.9. The van der Waals surface area contributed by atoms with Gasteiger partial charge in [-0.3, -0.25) is 24.1 Å². The first-order valence-corrected chi connectivity index (χ1v) is 13.5. The first kappa shape index (κ1) is 31.4. The molecule has 0 aliphatic heterocycles. The van der Waals surface area contributed by atoms with Gasteiger partial charge in [0.05, 0.1) is 18.7 Å². The van der Waals surface area contributed by atoms with Gasteiger partial charge < -0.3 is 26.4 Å². The maximum atomic E-state index is 12.1. The number of anilines is 2. The Bertz CT molecular complexity index is 1820. The molecule has 0 atom stereocenters. The minimum absolute atomic E-state index is 0.0279. The zero-order chi connectivity index (χ0) is 32.0. The molecule has 13 nitrogen and oxygen atoms in total. The number of nitrogens with two attached hydrogens (primary N) is 1. The number of carbonyl (C=O) groups excluding carboxylic acids is 1. The van der Waals surface area contributed by atoms with Gasteiger partial charge in [-0.15, -0.1) is 0 Å². The summed E-state index contributed by atoms with van der Waals surface area (Å²) in [5.41, 5.74) is 8.20. The van der Waals surface area contributed by atoms with Gasteiger partial charge in [-0.2, -0.15) is 10.2 Å². The molecule has 0 saturated carbocycles. The van der Waals surface area contributed by atoms with Crippen LogP contribution >= 0.6 is 0 Å². The fourth-order valence-electron chi connectivity index (χ4n) is 3.81. The van der Waals surface area contributed by atoms with Crippen molar-refractivity contribution in [3.63, 3.8) is 0 Å². The van der Waals surface area contributed by atoms with E-state index < -0.39 is 5.97 Å². The summed E-state index contributed by atoms with van der Waals surface area (Å²) in [5, 5.41) is 37.7. The number of phenolic OH excluding ortho intramolecular Hbond substituents is 2. The fourth-order valence-corrected chi connectivity index (χ4v) is 3.81. The molecule has 0 fully saturated rings. The minimum atomic E-state index is -1.03. The number of hydrogen-bond acceptors (Lipinski definition) is 9. The second-order valence-electron chi connectivity index (χ2n) is 9.41. The van der Waals surface area contributed by atoms with Crippen molar-refractivity contribution in [2.24, 2.45) is 0 Å². The van der Waals surface area contributed by atoms with Gasteiger partial charge in [0.25, 0.3) is 5.91 Å². The Labute approximate surface area is 257 Å². The largest absolute Gasteiger partial charge is 0.508 e. The highest BCUT2D eigenvalue weighted by atomic mass is 16.4. The number of carboxylic acid groups (broad SMARTS) is 1. The average Bonchev–Trinajstić information content (AvgIpc) is 3.66. The molecular formula is C32H30N8O5. The molecule has 4 aromatic heterocycles. The third-order valence-electron chi connectivity index (χ3n) is 5.93. The molecule has 2 aromatic carbocycles. The van der Waals surface area contributed by atoms with Crippen molar-refractivity contribution >= 4 is 23.5 Å². The Kier molecular flexibility index (Phi) is 10.9. The lowest BCUT2D eigenvalue weighted by molar-refractivity contribution is 0.0696. The van der Waals surface area contributed by atoms with Crippen LogP contribution < -0.4 is 11.1 Å². The summed E-state index contributed by atoms with van der Waals surface area (Å²) in [6.45, 7) is 1.34. The standard InChI is InChI=1S/C16H14N4O2.C9H10N4.C7H6O3/c21-14-3-1-2-13(10-14)16(22)18-15-6-9-20(19-15)11-12-4-7-17-8-5-12;10-9-3-6-13(12-9)7-8-1-4-11-5-2-8;8-6-3-1-2-5(4-6)7(9)10/h1-10,21H,11H2,(H,18,19,22);1-6H,7H2,(H2,10,12);1-4,8H,(H,9,10). The van der Waals surface area contributed by atoms with Crippen molar-refractivity contribution < 1.29 is 24.9 Å². The summed E-state index contributed by atoms with van der Waals surface area (Å²) in [5.74, 6) is -0.312. The summed E-state index contributed by atoms with van der Waals surface area (Å²) >= 11 is 0. The molecule has 228 valence electrons. The molecule has 4 heterocycles. The number of hydrogen-bond donors (Lipinski definition) is 5. The number of rotatable bonds is 7. The van der Waals surface area contributed by atoms with Crippen LogP contribution in [0.2, 0.25) is 0 Å². The molecule has 0 radical (unpaired) electrons. The molecule has 0 unspecified atom stereocenters. The number of nitrogens with zero attached hydrogens (tertiary/aromatic N) is 6. The SMILES string of the molecule is Nc1ccn(Cc2ccncc2)n1.O=C(Nc1ccn(Cc2ccncc2)n1)c1cccc(O)c1.O=C(O)c1cccc(O)c1. The van der Waals surface area contributed by atoms with E-state index in [0.717, 1.165) is 17.7 Å². The predicted octanol–water partition coefficient (Wildman–Crippen LogP) is 4.28. The van der Waals surface area contributed by atoms with Crippen LogP contribution in [0.4, 0.5) is 11.6 Å². The number of carbonyl (C=O) groups is 2. The molecule has 6 aromatic rings. The molecule has 0 saturated heterocycles. The van der Waals surface area contributed by atoms with Crippen molar-refractivity contribution in [2.45, 2.75) is 13.1 Å². The Morgan fingerprint density at radius 3 is 1.69 bits per heavy atom. The first-order chi connectivity index (χ1) is 21.7. The molecule has 0 spiro atoms. The smallest absolute Gasteiger partial charge is 0.335 e. The van der Waals surface area contributed by atoms with Crippen LogP contribution in [-0.4, -0.2) is 56.7 Å². The number of aromatic carboxylic acids is 1. The van der Waals surface area contributed by atoms with E-state index in [1.807, 2.05) is 30.5 Å². The Morgan fingerprint density at radius 2 is 1.20 bits per heavy atom. The molecule has 45 heavy (non-hydrogen) atoms.